The first-order valence-electron chi connectivity index (χ1n) is 9.63. The molecule has 1 saturated heterocycles. The topological polar surface area (TPSA) is 80.5 Å². The molecule has 7 heteroatoms. The van der Waals surface area contributed by atoms with Gasteiger partial charge in [0.05, 0.1) is 37.3 Å². The Morgan fingerprint density at radius 3 is 3.07 bits per heavy atom. The molecule has 2 atom stereocenters. The van der Waals surface area contributed by atoms with Crippen LogP contribution in [-0.4, -0.2) is 52.1 Å². The summed E-state index contributed by atoms with van der Waals surface area (Å²) in [6.07, 6.45) is 8.93. The summed E-state index contributed by atoms with van der Waals surface area (Å²) >= 11 is 0. The molecule has 7 nitrogen and oxygen atoms in total. The van der Waals surface area contributed by atoms with Gasteiger partial charge in [0, 0.05) is 19.3 Å². The van der Waals surface area contributed by atoms with Gasteiger partial charge in [0.1, 0.15) is 17.1 Å². The lowest BCUT2D eigenvalue weighted by atomic mass is 9.78. The van der Waals surface area contributed by atoms with Crippen molar-refractivity contribution in [1.29, 1.82) is 0 Å². The number of ether oxygens (including phenoxy) is 1. The summed E-state index contributed by atoms with van der Waals surface area (Å²) in [6, 6.07) is 3.89. The van der Waals surface area contributed by atoms with Crippen molar-refractivity contribution in [3.8, 4) is 0 Å². The number of furan rings is 1. The SMILES string of the molecule is Cc1cnc(C(=O)N[C@@H]2CCCC[C@]23CN(Cc2ccco2)CCO3)cn1. The summed E-state index contributed by atoms with van der Waals surface area (Å²) in [5, 5.41) is 3.18. The van der Waals surface area contributed by atoms with Crippen LogP contribution in [0.15, 0.2) is 35.2 Å². The number of hydrogen-bond donors (Lipinski definition) is 1. The van der Waals surface area contributed by atoms with E-state index < -0.39 is 0 Å². The summed E-state index contributed by atoms with van der Waals surface area (Å²) in [6.45, 7) is 4.94. The third-order valence-electron chi connectivity index (χ3n) is 5.54. The third-order valence-corrected chi connectivity index (χ3v) is 5.54. The van der Waals surface area contributed by atoms with Crippen LogP contribution in [0.5, 0.6) is 0 Å². The molecule has 0 bridgehead atoms. The minimum atomic E-state index is -0.350. The minimum absolute atomic E-state index is 0.0266. The lowest BCUT2D eigenvalue weighted by Gasteiger charge is -2.49. The lowest BCUT2D eigenvalue weighted by molar-refractivity contribution is -0.143. The Balaban J connectivity index is 1.47. The highest BCUT2D eigenvalue weighted by atomic mass is 16.5. The van der Waals surface area contributed by atoms with Crippen LogP contribution in [0.2, 0.25) is 0 Å². The number of nitrogens with one attached hydrogen (secondary N) is 1. The van der Waals surface area contributed by atoms with Gasteiger partial charge >= 0.3 is 0 Å². The third kappa shape index (κ3) is 4.04. The molecule has 1 amide bonds. The van der Waals surface area contributed by atoms with E-state index in [4.69, 9.17) is 9.15 Å². The average Bonchev–Trinajstić information content (AvgIpc) is 3.17. The monoisotopic (exact) mass is 370 g/mol. The maximum Gasteiger partial charge on any atom is 0.271 e. The van der Waals surface area contributed by atoms with Crippen LogP contribution in [0, 0.1) is 6.92 Å². The molecule has 2 fully saturated rings. The van der Waals surface area contributed by atoms with E-state index in [0.29, 0.717) is 12.3 Å². The van der Waals surface area contributed by atoms with E-state index in [0.717, 1.165) is 56.8 Å². The Morgan fingerprint density at radius 1 is 1.37 bits per heavy atom. The first-order valence-corrected chi connectivity index (χ1v) is 9.63. The largest absolute Gasteiger partial charge is 0.468 e. The molecule has 27 heavy (non-hydrogen) atoms. The Kier molecular flexibility index (Phi) is 5.22. The lowest BCUT2D eigenvalue weighted by Crippen LogP contribution is -2.64. The molecule has 0 radical (unpaired) electrons. The molecule has 0 unspecified atom stereocenters. The maximum atomic E-state index is 12.7. The van der Waals surface area contributed by atoms with Crippen LogP contribution in [0.3, 0.4) is 0 Å². The number of morpholine rings is 1. The Bertz CT molecular complexity index is 758. The van der Waals surface area contributed by atoms with Crippen molar-refractivity contribution in [1.82, 2.24) is 20.2 Å². The van der Waals surface area contributed by atoms with Crippen molar-refractivity contribution in [2.24, 2.45) is 0 Å². The first-order chi connectivity index (χ1) is 13.1. The maximum absolute atomic E-state index is 12.7. The van der Waals surface area contributed by atoms with E-state index >= 15 is 0 Å². The summed E-state index contributed by atoms with van der Waals surface area (Å²) in [7, 11) is 0. The van der Waals surface area contributed by atoms with Crippen molar-refractivity contribution in [2.75, 3.05) is 19.7 Å². The van der Waals surface area contributed by atoms with Gasteiger partial charge < -0.3 is 14.5 Å². The van der Waals surface area contributed by atoms with Crippen molar-refractivity contribution in [3.05, 3.63) is 47.9 Å². The van der Waals surface area contributed by atoms with Gasteiger partial charge in [-0.1, -0.05) is 12.8 Å². The van der Waals surface area contributed by atoms with Crippen molar-refractivity contribution in [3.63, 3.8) is 0 Å². The quantitative estimate of drug-likeness (QED) is 0.890. The van der Waals surface area contributed by atoms with Gasteiger partial charge in [0.15, 0.2) is 0 Å². The van der Waals surface area contributed by atoms with Crippen molar-refractivity contribution in [2.45, 2.75) is 50.8 Å². The number of carbonyl (C=O) groups is 1. The zero-order valence-corrected chi connectivity index (χ0v) is 15.7. The second kappa shape index (κ2) is 7.78. The van der Waals surface area contributed by atoms with E-state index in [2.05, 4.69) is 20.2 Å². The molecule has 2 aromatic rings. The van der Waals surface area contributed by atoms with Gasteiger partial charge in [-0.3, -0.25) is 14.7 Å². The smallest absolute Gasteiger partial charge is 0.271 e. The zero-order chi connectivity index (χ0) is 18.7. The molecular formula is C20H26N4O3. The van der Waals surface area contributed by atoms with E-state index in [1.807, 2.05) is 19.1 Å². The highest BCUT2D eigenvalue weighted by molar-refractivity contribution is 5.92. The van der Waals surface area contributed by atoms with Crippen LogP contribution in [-0.2, 0) is 11.3 Å². The molecule has 1 spiro atoms. The van der Waals surface area contributed by atoms with Gasteiger partial charge in [0.25, 0.3) is 5.91 Å². The fraction of sp³-hybridized carbons (Fsp3) is 0.550. The van der Waals surface area contributed by atoms with Crippen molar-refractivity contribution < 1.29 is 13.9 Å². The summed E-state index contributed by atoms with van der Waals surface area (Å²) in [5.41, 5.74) is 0.797. The van der Waals surface area contributed by atoms with Crippen LogP contribution in [0.1, 0.15) is 47.6 Å². The molecule has 0 aromatic carbocycles. The van der Waals surface area contributed by atoms with E-state index in [1.54, 1.807) is 12.5 Å². The number of rotatable bonds is 4. The number of aromatic nitrogens is 2. The normalized spacial score (nSPS) is 26.2. The summed E-state index contributed by atoms with van der Waals surface area (Å²) in [4.78, 5) is 23.4. The predicted octanol–water partition coefficient (Wildman–Crippen LogP) is 2.32. The number of hydrogen-bond acceptors (Lipinski definition) is 6. The predicted molar refractivity (Wildman–Crippen MR) is 99.2 cm³/mol. The second-order valence-corrected chi connectivity index (χ2v) is 7.52. The minimum Gasteiger partial charge on any atom is -0.468 e. The molecule has 1 saturated carbocycles. The van der Waals surface area contributed by atoms with Crippen LogP contribution in [0.25, 0.3) is 0 Å². The highest BCUT2D eigenvalue weighted by Crippen LogP contribution is 2.35. The molecule has 144 valence electrons. The van der Waals surface area contributed by atoms with Gasteiger partial charge in [-0.15, -0.1) is 0 Å². The Hall–Kier alpha value is -2.25. The Morgan fingerprint density at radius 2 is 2.30 bits per heavy atom. The molecule has 2 aliphatic rings. The van der Waals surface area contributed by atoms with Crippen LogP contribution >= 0.6 is 0 Å². The molecule has 2 aromatic heterocycles. The number of aryl methyl sites for hydroxylation is 1. The Labute approximate surface area is 159 Å². The number of amides is 1. The van der Waals surface area contributed by atoms with E-state index in [9.17, 15) is 4.79 Å². The average molecular weight is 370 g/mol. The van der Waals surface area contributed by atoms with E-state index in [1.165, 1.54) is 6.20 Å². The zero-order valence-electron chi connectivity index (χ0n) is 15.7. The van der Waals surface area contributed by atoms with Gasteiger partial charge in [-0.2, -0.15) is 0 Å². The van der Waals surface area contributed by atoms with Crippen molar-refractivity contribution >= 4 is 5.91 Å². The first kappa shape index (κ1) is 18.1. The number of carbonyl (C=O) groups excluding carboxylic acids is 1. The summed E-state index contributed by atoms with van der Waals surface area (Å²) in [5.74, 6) is 0.777. The number of nitrogens with zero attached hydrogens (tertiary/aromatic N) is 3. The molecule has 1 aliphatic carbocycles. The van der Waals surface area contributed by atoms with Crippen LogP contribution < -0.4 is 5.32 Å². The van der Waals surface area contributed by atoms with Gasteiger partial charge in [-0.25, -0.2) is 4.98 Å². The molecule has 4 rings (SSSR count). The molecular weight excluding hydrogens is 344 g/mol. The van der Waals surface area contributed by atoms with Crippen LogP contribution in [0.4, 0.5) is 0 Å². The van der Waals surface area contributed by atoms with Gasteiger partial charge in [-0.05, 0) is 31.9 Å². The second-order valence-electron chi connectivity index (χ2n) is 7.52. The standard InChI is InChI=1S/C20H26N4O3/c1-15-11-22-17(12-21-15)19(25)23-18-6-2-3-7-20(18)14-24(8-10-27-20)13-16-5-4-9-26-16/h4-5,9,11-12,18H,2-3,6-8,10,13-14H2,1H3,(H,23,25)/t18-,20+/m1/s1. The highest BCUT2D eigenvalue weighted by Gasteiger charge is 2.46. The molecule has 1 N–H and O–H groups in total. The summed E-state index contributed by atoms with van der Waals surface area (Å²) < 4.78 is 11.8. The molecule has 3 heterocycles. The fourth-order valence-corrected chi connectivity index (χ4v) is 4.16. The molecule has 1 aliphatic heterocycles. The van der Waals surface area contributed by atoms with Gasteiger partial charge in [0.2, 0.25) is 0 Å². The van der Waals surface area contributed by atoms with E-state index in [-0.39, 0.29) is 17.6 Å². The fourth-order valence-electron chi connectivity index (χ4n) is 4.16.